The maximum absolute atomic E-state index is 11.9. The van der Waals surface area contributed by atoms with Crippen molar-refractivity contribution in [2.75, 3.05) is 0 Å². The number of rotatable bonds is 4. The molecule has 5 nitrogen and oxygen atoms in total. The Hall–Kier alpha value is -2.69. The third-order valence-corrected chi connectivity index (χ3v) is 2.73. The number of phenolic OH excluding ortho intramolecular Hbond substituents is 4. The molecule has 0 aromatic heterocycles. The van der Waals surface area contributed by atoms with E-state index in [2.05, 4.69) is 0 Å². The highest BCUT2D eigenvalue weighted by atomic mass is 16.3. The van der Waals surface area contributed by atoms with Crippen molar-refractivity contribution in [3.05, 3.63) is 47.5 Å². The summed E-state index contributed by atoms with van der Waals surface area (Å²) < 4.78 is 0. The molecule has 0 bridgehead atoms. The van der Waals surface area contributed by atoms with Crippen molar-refractivity contribution in [1.82, 2.24) is 0 Å². The largest absolute Gasteiger partial charge is 0.508 e. The molecule has 4 N–H and O–H groups in total. The summed E-state index contributed by atoms with van der Waals surface area (Å²) in [6, 6.07) is 7.97. The maximum atomic E-state index is 11.9. The lowest BCUT2D eigenvalue weighted by Crippen LogP contribution is -2.06. The molecule has 0 unspecified atom stereocenters. The fourth-order valence-corrected chi connectivity index (χ4v) is 2.03. The van der Waals surface area contributed by atoms with Crippen LogP contribution >= 0.6 is 0 Å². The predicted octanol–water partition coefficient (Wildman–Crippen LogP) is 1.86. The number of carbonyl (C=O) groups excluding carboxylic acids is 1. The van der Waals surface area contributed by atoms with Crippen molar-refractivity contribution in [3.63, 3.8) is 0 Å². The van der Waals surface area contributed by atoms with Gasteiger partial charge in [0.25, 0.3) is 0 Å². The second-order valence-corrected chi connectivity index (χ2v) is 4.61. The Labute approximate surface area is 115 Å². The Balaban J connectivity index is 2.08. The van der Waals surface area contributed by atoms with Gasteiger partial charge < -0.3 is 20.4 Å². The normalized spacial score (nSPS) is 10.4. The van der Waals surface area contributed by atoms with Crippen molar-refractivity contribution >= 4 is 5.78 Å². The van der Waals surface area contributed by atoms with E-state index in [1.54, 1.807) is 0 Å². The minimum atomic E-state index is -0.167. The molecule has 0 radical (unpaired) electrons. The van der Waals surface area contributed by atoms with Crippen LogP contribution in [0.4, 0.5) is 0 Å². The number of hydrogen-bond acceptors (Lipinski definition) is 5. The van der Waals surface area contributed by atoms with Gasteiger partial charge in [-0.15, -0.1) is 0 Å². The lowest BCUT2D eigenvalue weighted by atomic mass is 10.0. The van der Waals surface area contributed by atoms with Crippen LogP contribution in [0.15, 0.2) is 36.4 Å². The van der Waals surface area contributed by atoms with Crippen molar-refractivity contribution in [1.29, 1.82) is 0 Å². The number of ketones is 1. The smallest absolute Gasteiger partial charge is 0.141 e. The summed E-state index contributed by atoms with van der Waals surface area (Å²) in [6.07, 6.45) is 0.0801. The second kappa shape index (κ2) is 5.52. The highest BCUT2D eigenvalue weighted by Gasteiger charge is 2.09. The molecule has 0 spiro atoms. The summed E-state index contributed by atoms with van der Waals surface area (Å²) in [6.45, 7) is 0. The van der Waals surface area contributed by atoms with Crippen molar-refractivity contribution in [2.24, 2.45) is 0 Å². The van der Waals surface area contributed by atoms with Gasteiger partial charge in [-0.2, -0.15) is 0 Å². The Morgan fingerprint density at radius 1 is 0.650 bits per heavy atom. The van der Waals surface area contributed by atoms with Gasteiger partial charge in [0, 0.05) is 25.0 Å². The van der Waals surface area contributed by atoms with Gasteiger partial charge in [0.1, 0.15) is 28.8 Å². The van der Waals surface area contributed by atoms with E-state index in [0.717, 1.165) is 0 Å². The summed E-state index contributed by atoms with van der Waals surface area (Å²) in [4.78, 5) is 11.9. The molecule has 0 aliphatic rings. The van der Waals surface area contributed by atoms with Crippen LogP contribution < -0.4 is 0 Å². The van der Waals surface area contributed by atoms with Crippen molar-refractivity contribution in [2.45, 2.75) is 12.8 Å². The number of aromatic hydroxyl groups is 4. The molecule has 0 heterocycles. The maximum Gasteiger partial charge on any atom is 0.141 e. The third kappa shape index (κ3) is 3.65. The highest BCUT2D eigenvalue weighted by molar-refractivity contribution is 5.83. The molecule has 0 aliphatic carbocycles. The van der Waals surface area contributed by atoms with Crippen LogP contribution in [0.1, 0.15) is 11.1 Å². The monoisotopic (exact) mass is 274 g/mol. The molecular formula is C15H14O5. The number of phenols is 4. The molecular weight excluding hydrogens is 260 g/mol. The molecule has 0 fully saturated rings. The second-order valence-electron chi connectivity index (χ2n) is 4.61. The first-order valence-corrected chi connectivity index (χ1v) is 5.98. The van der Waals surface area contributed by atoms with E-state index in [0.29, 0.717) is 11.1 Å². The number of carbonyl (C=O) groups is 1. The lowest BCUT2D eigenvalue weighted by Gasteiger charge is -2.05. The molecule has 104 valence electrons. The summed E-state index contributed by atoms with van der Waals surface area (Å²) in [5, 5.41) is 37.3. The summed E-state index contributed by atoms with van der Waals surface area (Å²) in [5.74, 6) is -0.601. The van der Waals surface area contributed by atoms with Gasteiger partial charge in [-0.1, -0.05) is 0 Å². The van der Waals surface area contributed by atoms with Gasteiger partial charge in [0.05, 0.1) is 0 Å². The Kier molecular flexibility index (Phi) is 3.79. The average molecular weight is 274 g/mol. The van der Waals surface area contributed by atoms with Gasteiger partial charge in [-0.25, -0.2) is 0 Å². The van der Waals surface area contributed by atoms with E-state index < -0.39 is 0 Å². The summed E-state index contributed by atoms with van der Waals surface area (Å²) >= 11 is 0. The first-order valence-electron chi connectivity index (χ1n) is 5.98. The fraction of sp³-hybridized carbons (Fsp3) is 0.133. The zero-order valence-corrected chi connectivity index (χ0v) is 10.6. The van der Waals surface area contributed by atoms with E-state index in [1.165, 1.54) is 36.4 Å². The van der Waals surface area contributed by atoms with Crippen LogP contribution in [0.5, 0.6) is 23.0 Å². The number of benzene rings is 2. The highest BCUT2D eigenvalue weighted by Crippen LogP contribution is 2.23. The van der Waals surface area contributed by atoms with Crippen LogP contribution in [0.2, 0.25) is 0 Å². The molecule has 2 aromatic rings. The molecule has 0 saturated carbocycles. The predicted molar refractivity (Wildman–Crippen MR) is 72.0 cm³/mol. The molecule has 0 atom stereocenters. The lowest BCUT2D eigenvalue weighted by molar-refractivity contribution is -0.117. The molecule has 20 heavy (non-hydrogen) atoms. The van der Waals surface area contributed by atoms with Crippen LogP contribution in [0, 0.1) is 0 Å². The van der Waals surface area contributed by atoms with Crippen molar-refractivity contribution < 1.29 is 25.2 Å². The van der Waals surface area contributed by atoms with Crippen molar-refractivity contribution in [3.8, 4) is 23.0 Å². The van der Waals surface area contributed by atoms with E-state index in [1.807, 2.05) is 0 Å². The quantitative estimate of drug-likeness (QED) is 0.682. The SMILES string of the molecule is O=C(Cc1cc(O)cc(O)c1)Cc1cc(O)cc(O)c1. The standard InChI is InChI=1S/C15H14O5/c16-11(1-9-3-12(17)7-13(18)4-9)2-10-5-14(19)8-15(20)6-10/h3-8,17-20H,1-2H2. The summed E-state index contributed by atoms with van der Waals surface area (Å²) in [5.41, 5.74) is 0.994. The minimum absolute atomic E-state index is 0.0401. The minimum Gasteiger partial charge on any atom is -0.508 e. The Morgan fingerprint density at radius 3 is 1.25 bits per heavy atom. The zero-order chi connectivity index (χ0) is 14.7. The number of Topliss-reactive ketones (excluding diaryl/α,β-unsaturated/α-hetero) is 1. The Bertz CT molecular complexity index is 553. The van der Waals surface area contributed by atoms with E-state index >= 15 is 0 Å². The zero-order valence-electron chi connectivity index (χ0n) is 10.6. The molecule has 5 heteroatoms. The fourth-order valence-electron chi connectivity index (χ4n) is 2.03. The molecule has 0 amide bonds. The van der Waals surface area contributed by atoms with Gasteiger partial charge in [-0.3, -0.25) is 4.79 Å². The van der Waals surface area contributed by atoms with E-state index in [9.17, 15) is 25.2 Å². The topological polar surface area (TPSA) is 98.0 Å². The first-order chi connectivity index (χ1) is 9.42. The molecule has 2 rings (SSSR count). The molecule has 2 aromatic carbocycles. The van der Waals surface area contributed by atoms with Crippen LogP contribution in [0.25, 0.3) is 0 Å². The van der Waals surface area contributed by atoms with Gasteiger partial charge in [0.15, 0.2) is 0 Å². The van der Waals surface area contributed by atoms with Crippen LogP contribution in [-0.4, -0.2) is 26.2 Å². The molecule has 0 saturated heterocycles. The van der Waals surface area contributed by atoms with Gasteiger partial charge in [-0.05, 0) is 35.4 Å². The van der Waals surface area contributed by atoms with Crippen LogP contribution in [-0.2, 0) is 17.6 Å². The number of hydrogen-bond donors (Lipinski definition) is 4. The van der Waals surface area contributed by atoms with Gasteiger partial charge in [0.2, 0.25) is 0 Å². The third-order valence-electron chi connectivity index (χ3n) is 2.73. The molecule has 0 aliphatic heterocycles. The average Bonchev–Trinajstić information content (AvgIpc) is 2.24. The van der Waals surface area contributed by atoms with E-state index in [4.69, 9.17) is 0 Å². The van der Waals surface area contributed by atoms with Gasteiger partial charge >= 0.3 is 0 Å². The first kappa shape index (κ1) is 13.7. The van der Waals surface area contributed by atoms with E-state index in [-0.39, 0.29) is 41.6 Å². The summed E-state index contributed by atoms with van der Waals surface area (Å²) in [7, 11) is 0. The van der Waals surface area contributed by atoms with Crippen LogP contribution in [0.3, 0.4) is 0 Å². The Morgan fingerprint density at radius 2 is 0.950 bits per heavy atom.